The fourth-order valence-electron chi connectivity index (χ4n) is 2.10. The summed E-state index contributed by atoms with van der Waals surface area (Å²) in [4.78, 5) is 4.19. The van der Waals surface area contributed by atoms with Gasteiger partial charge in [-0.3, -0.25) is 4.98 Å². The molecule has 2 nitrogen and oxygen atoms in total. The number of halogens is 1. The number of hydrogen-bond acceptors (Lipinski definition) is 2. The van der Waals surface area contributed by atoms with E-state index in [1.54, 1.807) is 6.20 Å². The molecule has 1 fully saturated rings. The molecule has 1 unspecified atom stereocenters. The largest absolute Gasteiger partial charge is 0.317 e. The van der Waals surface area contributed by atoms with Crippen LogP contribution in [0.3, 0.4) is 0 Å². The lowest BCUT2D eigenvalue weighted by molar-refractivity contribution is 0.143. The molecule has 0 aromatic carbocycles. The van der Waals surface area contributed by atoms with Crippen LogP contribution in [-0.2, 0) is 6.42 Å². The molecule has 1 aliphatic rings. The van der Waals surface area contributed by atoms with Crippen LogP contribution in [-0.4, -0.2) is 23.7 Å². The van der Waals surface area contributed by atoms with E-state index in [-0.39, 0.29) is 0 Å². The monoisotopic (exact) mass is 208 g/mol. The zero-order chi connectivity index (χ0) is 10.6. The molecule has 1 aromatic rings. The Hall–Kier alpha value is -0.960. The van der Waals surface area contributed by atoms with Gasteiger partial charge in [0.2, 0.25) is 0 Å². The number of aromatic nitrogens is 1. The summed E-state index contributed by atoms with van der Waals surface area (Å²) in [6.45, 7) is 1.72. The molecule has 0 radical (unpaired) electrons. The molecule has 1 N–H and O–H groups in total. The van der Waals surface area contributed by atoms with Gasteiger partial charge in [-0.2, -0.15) is 0 Å². The third kappa shape index (κ3) is 2.99. The number of alkyl halides is 1. The van der Waals surface area contributed by atoms with Gasteiger partial charge in [-0.15, -0.1) is 0 Å². The number of hydrogen-bond donors (Lipinski definition) is 1. The van der Waals surface area contributed by atoms with Crippen LogP contribution in [0.25, 0.3) is 0 Å². The average molecular weight is 208 g/mol. The summed E-state index contributed by atoms with van der Waals surface area (Å²) in [6, 6.07) is 5.68. The molecule has 1 saturated heterocycles. The highest BCUT2D eigenvalue weighted by molar-refractivity contribution is 5.07. The Bertz CT molecular complexity index is 292. The Morgan fingerprint density at radius 3 is 3.07 bits per heavy atom. The van der Waals surface area contributed by atoms with Gasteiger partial charge < -0.3 is 5.32 Å². The van der Waals surface area contributed by atoms with Gasteiger partial charge in [0.05, 0.1) is 0 Å². The van der Waals surface area contributed by atoms with Crippen LogP contribution in [0.4, 0.5) is 4.39 Å². The van der Waals surface area contributed by atoms with Crippen molar-refractivity contribution in [3.63, 3.8) is 0 Å². The van der Waals surface area contributed by atoms with Gasteiger partial charge in [0, 0.05) is 18.3 Å². The molecule has 0 saturated carbocycles. The van der Waals surface area contributed by atoms with Gasteiger partial charge >= 0.3 is 0 Å². The summed E-state index contributed by atoms with van der Waals surface area (Å²) in [5.41, 5.74) is -0.195. The van der Waals surface area contributed by atoms with Crippen LogP contribution in [0.15, 0.2) is 24.4 Å². The first-order valence-corrected chi connectivity index (χ1v) is 5.58. The number of rotatable bonds is 2. The zero-order valence-corrected chi connectivity index (χ0v) is 8.88. The van der Waals surface area contributed by atoms with Gasteiger partial charge in [0.15, 0.2) is 0 Å². The van der Waals surface area contributed by atoms with E-state index in [0.717, 1.165) is 25.2 Å². The van der Waals surface area contributed by atoms with Crippen molar-refractivity contribution in [2.24, 2.45) is 0 Å². The summed E-state index contributed by atoms with van der Waals surface area (Å²) >= 11 is 0. The van der Waals surface area contributed by atoms with Gasteiger partial charge in [0.1, 0.15) is 5.67 Å². The van der Waals surface area contributed by atoms with E-state index in [9.17, 15) is 4.39 Å². The third-order valence-electron chi connectivity index (χ3n) is 2.95. The highest BCUT2D eigenvalue weighted by atomic mass is 19.1. The summed E-state index contributed by atoms with van der Waals surface area (Å²) in [5.74, 6) is 0. The molecule has 82 valence electrons. The molecule has 0 bridgehead atoms. The minimum atomic E-state index is -1.06. The predicted molar refractivity (Wildman–Crippen MR) is 58.5 cm³/mol. The van der Waals surface area contributed by atoms with E-state index >= 15 is 0 Å². The van der Waals surface area contributed by atoms with Crippen molar-refractivity contribution in [3.05, 3.63) is 30.1 Å². The second-order valence-electron chi connectivity index (χ2n) is 4.25. The first-order valence-electron chi connectivity index (χ1n) is 5.58. The fraction of sp³-hybridized carbons (Fsp3) is 0.583. The summed E-state index contributed by atoms with van der Waals surface area (Å²) < 4.78 is 14.4. The number of pyridine rings is 1. The number of nitrogens with zero attached hydrogens (tertiary/aromatic N) is 1. The van der Waals surface area contributed by atoms with E-state index in [2.05, 4.69) is 10.3 Å². The van der Waals surface area contributed by atoms with Crippen LogP contribution in [0.2, 0.25) is 0 Å². The zero-order valence-electron chi connectivity index (χ0n) is 8.88. The minimum Gasteiger partial charge on any atom is -0.317 e. The average Bonchev–Trinajstić information content (AvgIpc) is 2.45. The number of nitrogens with one attached hydrogen (secondary N) is 1. The van der Waals surface area contributed by atoms with Crippen molar-refractivity contribution in [3.8, 4) is 0 Å². The molecule has 1 aliphatic heterocycles. The van der Waals surface area contributed by atoms with Crippen LogP contribution in [0.1, 0.15) is 25.0 Å². The molecular formula is C12H17FN2. The van der Waals surface area contributed by atoms with Crippen molar-refractivity contribution in [2.45, 2.75) is 31.4 Å². The molecule has 2 rings (SSSR count). The normalized spacial score (nSPS) is 27.3. The molecule has 15 heavy (non-hydrogen) atoms. The van der Waals surface area contributed by atoms with Gasteiger partial charge in [-0.25, -0.2) is 4.39 Å². The first-order chi connectivity index (χ1) is 7.29. The van der Waals surface area contributed by atoms with Crippen molar-refractivity contribution in [1.82, 2.24) is 10.3 Å². The van der Waals surface area contributed by atoms with Crippen molar-refractivity contribution < 1.29 is 4.39 Å². The maximum absolute atomic E-state index is 14.4. The summed E-state index contributed by atoms with van der Waals surface area (Å²) in [6.07, 6.45) is 4.35. The summed E-state index contributed by atoms with van der Waals surface area (Å²) in [5, 5.41) is 3.23. The predicted octanol–water partition coefficient (Wildman–Crippen LogP) is 2.11. The highest BCUT2D eigenvalue weighted by Crippen LogP contribution is 2.27. The smallest absolute Gasteiger partial charge is 0.117 e. The molecule has 0 amide bonds. The lowest BCUT2D eigenvalue weighted by Crippen LogP contribution is -2.27. The maximum atomic E-state index is 14.4. The quantitative estimate of drug-likeness (QED) is 0.805. The Kier molecular flexibility index (Phi) is 3.31. The van der Waals surface area contributed by atoms with Crippen LogP contribution in [0, 0.1) is 0 Å². The van der Waals surface area contributed by atoms with Gasteiger partial charge in [-0.1, -0.05) is 6.07 Å². The Morgan fingerprint density at radius 1 is 1.33 bits per heavy atom. The van der Waals surface area contributed by atoms with Crippen LogP contribution >= 0.6 is 0 Å². The lowest BCUT2D eigenvalue weighted by atomic mass is 9.91. The molecule has 0 spiro atoms. The molecular weight excluding hydrogens is 191 g/mol. The third-order valence-corrected chi connectivity index (χ3v) is 2.95. The standard InChI is InChI=1S/C12H17FN2/c13-12(5-3-7-14-9-6-12)10-11-4-1-2-8-15-11/h1-2,4,8,14H,3,5-7,9-10H2. The molecule has 1 atom stereocenters. The second-order valence-corrected chi connectivity index (χ2v) is 4.25. The van der Waals surface area contributed by atoms with Gasteiger partial charge in [0.25, 0.3) is 0 Å². The fourth-order valence-corrected chi connectivity index (χ4v) is 2.10. The molecule has 1 aromatic heterocycles. The van der Waals surface area contributed by atoms with Crippen molar-refractivity contribution >= 4 is 0 Å². The minimum absolute atomic E-state index is 0.454. The second kappa shape index (κ2) is 4.71. The van der Waals surface area contributed by atoms with Crippen LogP contribution in [0.5, 0.6) is 0 Å². The first kappa shape index (κ1) is 10.6. The summed E-state index contributed by atoms with van der Waals surface area (Å²) in [7, 11) is 0. The van der Waals surface area contributed by atoms with E-state index in [1.165, 1.54) is 0 Å². The van der Waals surface area contributed by atoms with E-state index < -0.39 is 5.67 Å². The highest BCUT2D eigenvalue weighted by Gasteiger charge is 2.30. The molecule has 2 heterocycles. The SMILES string of the molecule is FC1(Cc2ccccn2)CCCNCC1. The van der Waals surface area contributed by atoms with Crippen LogP contribution < -0.4 is 5.32 Å². The van der Waals surface area contributed by atoms with Crippen molar-refractivity contribution in [1.29, 1.82) is 0 Å². The Balaban J connectivity index is 2.02. The van der Waals surface area contributed by atoms with Gasteiger partial charge in [-0.05, 0) is 44.5 Å². The Morgan fingerprint density at radius 2 is 2.27 bits per heavy atom. The lowest BCUT2D eigenvalue weighted by Gasteiger charge is -2.22. The van der Waals surface area contributed by atoms with E-state index in [4.69, 9.17) is 0 Å². The Labute approximate surface area is 89.9 Å². The topological polar surface area (TPSA) is 24.9 Å². The maximum Gasteiger partial charge on any atom is 0.117 e. The molecule has 0 aliphatic carbocycles. The van der Waals surface area contributed by atoms with E-state index in [0.29, 0.717) is 19.3 Å². The molecule has 3 heteroatoms. The van der Waals surface area contributed by atoms with Crippen molar-refractivity contribution in [2.75, 3.05) is 13.1 Å². The van der Waals surface area contributed by atoms with E-state index in [1.807, 2.05) is 18.2 Å².